The highest BCUT2D eigenvalue weighted by Gasteiger charge is 2.25. The number of rotatable bonds is 2. The van der Waals surface area contributed by atoms with E-state index >= 15 is 0 Å². The van der Waals surface area contributed by atoms with E-state index in [1.165, 1.54) is 0 Å². The topological polar surface area (TPSA) is 67.8 Å². The van der Waals surface area contributed by atoms with Crippen molar-refractivity contribution in [1.82, 2.24) is 5.32 Å². The van der Waals surface area contributed by atoms with Crippen molar-refractivity contribution in [2.24, 2.45) is 0 Å². The second-order valence-electron chi connectivity index (χ2n) is 5.29. The van der Waals surface area contributed by atoms with Gasteiger partial charge in [0.1, 0.15) is 13.2 Å². The first-order valence-corrected chi connectivity index (χ1v) is 7.12. The summed E-state index contributed by atoms with van der Waals surface area (Å²) in [7, 11) is 0. The van der Waals surface area contributed by atoms with Crippen molar-refractivity contribution in [2.75, 3.05) is 13.2 Å². The number of carbonyl (C=O) groups is 1. The Labute approximate surface area is 117 Å². The molecule has 5 nitrogen and oxygen atoms in total. The summed E-state index contributed by atoms with van der Waals surface area (Å²) in [5.41, 5.74) is 0.534. The molecule has 0 saturated heterocycles. The first-order valence-electron chi connectivity index (χ1n) is 7.12. The minimum absolute atomic E-state index is 0.149. The maximum atomic E-state index is 12.2. The van der Waals surface area contributed by atoms with E-state index in [4.69, 9.17) is 9.47 Å². The first kappa shape index (κ1) is 13.2. The minimum atomic E-state index is -0.440. The van der Waals surface area contributed by atoms with Crippen LogP contribution < -0.4 is 14.8 Å². The van der Waals surface area contributed by atoms with E-state index < -0.39 is 6.10 Å². The van der Waals surface area contributed by atoms with Gasteiger partial charge in [-0.05, 0) is 31.0 Å². The highest BCUT2D eigenvalue weighted by Crippen LogP contribution is 2.30. The Balaban J connectivity index is 1.70. The Kier molecular flexibility index (Phi) is 3.78. The highest BCUT2D eigenvalue weighted by atomic mass is 16.6. The second kappa shape index (κ2) is 5.71. The van der Waals surface area contributed by atoms with Crippen LogP contribution in [0.15, 0.2) is 18.2 Å². The van der Waals surface area contributed by atoms with Crippen molar-refractivity contribution in [3.05, 3.63) is 23.8 Å². The number of fused-ring (bicyclic) bond motifs is 1. The van der Waals surface area contributed by atoms with Crippen molar-refractivity contribution in [3.8, 4) is 11.5 Å². The standard InChI is InChI=1S/C15H19NO4/c17-12-4-2-1-3-11(12)16-15(18)10-5-6-13-14(9-10)20-8-7-19-13/h5-6,9,11-12,17H,1-4,7-8H2,(H,16,18). The zero-order valence-corrected chi connectivity index (χ0v) is 11.3. The van der Waals surface area contributed by atoms with Gasteiger partial charge >= 0.3 is 0 Å². The van der Waals surface area contributed by atoms with E-state index in [0.717, 1.165) is 25.7 Å². The summed E-state index contributed by atoms with van der Waals surface area (Å²) in [6.45, 7) is 1.03. The molecule has 1 fully saturated rings. The molecule has 2 aliphatic rings. The predicted octanol–water partition coefficient (Wildman–Crippen LogP) is 1.49. The summed E-state index contributed by atoms with van der Waals surface area (Å²) < 4.78 is 10.9. The van der Waals surface area contributed by atoms with Crippen LogP contribution in [0.2, 0.25) is 0 Å². The molecule has 1 saturated carbocycles. The van der Waals surface area contributed by atoms with Gasteiger partial charge in [-0.25, -0.2) is 0 Å². The lowest BCUT2D eigenvalue weighted by Crippen LogP contribution is -2.45. The van der Waals surface area contributed by atoms with E-state index in [-0.39, 0.29) is 11.9 Å². The van der Waals surface area contributed by atoms with E-state index in [1.807, 2.05) is 0 Å². The SMILES string of the molecule is O=C(NC1CCCCC1O)c1ccc2c(c1)OCCO2. The summed E-state index contributed by atoms with van der Waals surface area (Å²) in [5, 5.41) is 12.8. The van der Waals surface area contributed by atoms with E-state index in [2.05, 4.69) is 5.32 Å². The molecule has 5 heteroatoms. The maximum Gasteiger partial charge on any atom is 0.251 e. The summed E-state index contributed by atoms with van der Waals surface area (Å²) in [5.74, 6) is 1.10. The Hall–Kier alpha value is -1.75. The van der Waals surface area contributed by atoms with Gasteiger partial charge in [-0.3, -0.25) is 4.79 Å². The number of nitrogens with one attached hydrogen (secondary N) is 1. The number of ether oxygens (including phenoxy) is 2. The van der Waals surface area contributed by atoms with E-state index in [9.17, 15) is 9.90 Å². The van der Waals surface area contributed by atoms with Gasteiger partial charge in [0.15, 0.2) is 11.5 Å². The second-order valence-corrected chi connectivity index (χ2v) is 5.29. The molecule has 0 radical (unpaired) electrons. The quantitative estimate of drug-likeness (QED) is 0.859. The van der Waals surface area contributed by atoms with Crippen LogP contribution in [0.4, 0.5) is 0 Å². The third-order valence-corrected chi connectivity index (χ3v) is 3.85. The monoisotopic (exact) mass is 277 g/mol. The van der Waals surface area contributed by atoms with Gasteiger partial charge in [0.05, 0.1) is 12.1 Å². The summed E-state index contributed by atoms with van der Waals surface area (Å²) in [6.07, 6.45) is 3.22. The molecule has 3 rings (SSSR count). The van der Waals surface area contributed by atoms with Gasteiger partial charge in [0, 0.05) is 5.56 Å². The zero-order chi connectivity index (χ0) is 13.9. The number of benzene rings is 1. The molecule has 2 N–H and O–H groups in total. The van der Waals surface area contributed by atoms with Crippen LogP contribution in [0.3, 0.4) is 0 Å². The number of hydrogen-bond donors (Lipinski definition) is 2. The molecule has 20 heavy (non-hydrogen) atoms. The summed E-state index contributed by atoms with van der Waals surface area (Å²) in [6, 6.07) is 5.02. The van der Waals surface area contributed by atoms with E-state index in [1.54, 1.807) is 18.2 Å². The smallest absolute Gasteiger partial charge is 0.251 e. The lowest BCUT2D eigenvalue weighted by molar-refractivity contribution is 0.0716. The summed E-state index contributed by atoms with van der Waals surface area (Å²) in [4.78, 5) is 12.2. The fourth-order valence-corrected chi connectivity index (χ4v) is 2.72. The molecule has 2 atom stereocenters. The molecule has 0 bridgehead atoms. The number of hydrogen-bond acceptors (Lipinski definition) is 4. The third-order valence-electron chi connectivity index (χ3n) is 3.85. The van der Waals surface area contributed by atoms with Crippen LogP contribution >= 0.6 is 0 Å². The van der Waals surface area contributed by atoms with Gasteiger partial charge < -0.3 is 19.9 Å². The number of aliphatic hydroxyl groups excluding tert-OH is 1. The van der Waals surface area contributed by atoms with Gasteiger partial charge in [-0.1, -0.05) is 12.8 Å². The highest BCUT2D eigenvalue weighted by molar-refractivity contribution is 5.95. The van der Waals surface area contributed by atoms with Crippen LogP contribution in [0.1, 0.15) is 36.0 Å². The van der Waals surface area contributed by atoms with Crippen molar-refractivity contribution in [1.29, 1.82) is 0 Å². The lowest BCUT2D eigenvalue weighted by Gasteiger charge is -2.28. The largest absolute Gasteiger partial charge is 0.486 e. The van der Waals surface area contributed by atoms with Gasteiger partial charge in [0.2, 0.25) is 0 Å². The fraction of sp³-hybridized carbons (Fsp3) is 0.533. The molecule has 1 aliphatic heterocycles. The molecule has 108 valence electrons. The van der Waals surface area contributed by atoms with Crippen LogP contribution in [0, 0.1) is 0 Å². The Morgan fingerprint density at radius 3 is 2.70 bits per heavy atom. The Morgan fingerprint density at radius 2 is 1.90 bits per heavy atom. The average molecular weight is 277 g/mol. The molecule has 0 spiro atoms. The maximum absolute atomic E-state index is 12.2. The molecule has 2 unspecified atom stereocenters. The molecule has 1 heterocycles. The third kappa shape index (κ3) is 2.72. The average Bonchev–Trinajstić information content (AvgIpc) is 2.49. The predicted molar refractivity (Wildman–Crippen MR) is 73.2 cm³/mol. The molecule has 1 aromatic carbocycles. The minimum Gasteiger partial charge on any atom is -0.486 e. The first-order chi connectivity index (χ1) is 9.74. The van der Waals surface area contributed by atoms with Crippen molar-refractivity contribution in [2.45, 2.75) is 37.8 Å². The fourth-order valence-electron chi connectivity index (χ4n) is 2.72. The summed E-state index contributed by atoms with van der Waals surface area (Å²) >= 11 is 0. The molecule has 1 aliphatic carbocycles. The van der Waals surface area contributed by atoms with Crippen molar-refractivity contribution in [3.63, 3.8) is 0 Å². The molecule has 1 amide bonds. The van der Waals surface area contributed by atoms with Gasteiger partial charge in [-0.15, -0.1) is 0 Å². The molecule has 0 aromatic heterocycles. The molecular weight excluding hydrogens is 258 g/mol. The van der Waals surface area contributed by atoms with Crippen LogP contribution in [0.5, 0.6) is 11.5 Å². The Morgan fingerprint density at radius 1 is 1.15 bits per heavy atom. The van der Waals surface area contributed by atoms with Gasteiger partial charge in [0.25, 0.3) is 5.91 Å². The van der Waals surface area contributed by atoms with Crippen LogP contribution in [-0.4, -0.2) is 36.4 Å². The molecule has 1 aromatic rings. The Bertz CT molecular complexity index is 503. The zero-order valence-electron chi connectivity index (χ0n) is 11.3. The number of amides is 1. The molecular formula is C15H19NO4. The van der Waals surface area contributed by atoms with E-state index in [0.29, 0.717) is 30.3 Å². The van der Waals surface area contributed by atoms with Crippen molar-refractivity contribution < 1.29 is 19.4 Å². The number of aliphatic hydroxyl groups is 1. The van der Waals surface area contributed by atoms with Crippen molar-refractivity contribution >= 4 is 5.91 Å². The van der Waals surface area contributed by atoms with Gasteiger partial charge in [-0.2, -0.15) is 0 Å². The van der Waals surface area contributed by atoms with Crippen LogP contribution in [0.25, 0.3) is 0 Å². The normalized spacial score (nSPS) is 25.1. The van der Waals surface area contributed by atoms with Crippen LogP contribution in [-0.2, 0) is 0 Å². The lowest BCUT2D eigenvalue weighted by atomic mass is 9.92. The number of carbonyl (C=O) groups excluding carboxylic acids is 1.